The fraction of sp³-hybridized carbons (Fsp3) is 0.286. The van der Waals surface area contributed by atoms with Gasteiger partial charge in [-0.3, -0.25) is 0 Å². The Morgan fingerprint density at radius 3 is 2.44 bits per heavy atom. The molecule has 1 aliphatic carbocycles. The molecule has 4 N–H and O–H groups in total. The lowest BCUT2D eigenvalue weighted by atomic mass is 10.0. The number of hydrogen-bond acceptors (Lipinski definition) is 2. The van der Waals surface area contributed by atoms with Crippen LogP contribution in [0.15, 0.2) is 47.7 Å². The van der Waals surface area contributed by atoms with E-state index in [0.29, 0.717) is 0 Å². The Morgan fingerprint density at radius 1 is 0.938 bits per heavy atom. The van der Waals surface area contributed by atoms with Crippen molar-refractivity contribution in [1.29, 1.82) is 0 Å². The average Bonchev–Trinajstić information content (AvgIpc) is 2.47. The van der Waals surface area contributed by atoms with Crippen LogP contribution in [0, 0.1) is 0 Å². The molecule has 1 aliphatic rings. The van der Waals surface area contributed by atoms with Crippen molar-refractivity contribution >= 4 is 5.69 Å². The number of benzene rings is 1. The molecule has 0 heterocycles. The van der Waals surface area contributed by atoms with Gasteiger partial charge in [0.05, 0.1) is 0 Å². The third-order valence-corrected chi connectivity index (χ3v) is 2.91. The van der Waals surface area contributed by atoms with E-state index in [2.05, 4.69) is 18.2 Å². The van der Waals surface area contributed by atoms with Crippen LogP contribution in [0.2, 0.25) is 0 Å². The van der Waals surface area contributed by atoms with Crippen molar-refractivity contribution in [2.24, 2.45) is 5.73 Å². The highest BCUT2D eigenvalue weighted by molar-refractivity contribution is 5.40. The Hall–Kier alpha value is -1.70. The third-order valence-electron chi connectivity index (χ3n) is 2.91. The SMILES string of the molecule is NC1=CC=C(Cc2ccc(N)cc2)CCC1. The number of nitrogen functional groups attached to an aromatic ring is 1. The van der Waals surface area contributed by atoms with Gasteiger partial charge in [-0.2, -0.15) is 0 Å². The lowest BCUT2D eigenvalue weighted by Gasteiger charge is -2.05. The molecule has 84 valence electrons. The van der Waals surface area contributed by atoms with Crippen LogP contribution in [0.25, 0.3) is 0 Å². The van der Waals surface area contributed by atoms with Crippen molar-refractivity contribution in [2.45, 2.75) is 25.7 Å². The molecule has 2 heteroatoms. The number of rotatable bonds is 2. The Bertz CT molecular complexity index is 413. The van der Waals surface area contributed by atoms with Crippen LogP contribution < -0.4 is 11.5 Å². The van der Waals surface area contributed by atoms with E-state index in [-0.39, 0.29) is 0 Å². The zero-order chi connectivity index (χ0) is 11.4. The molecule has 0 atom stereocenters. The molecule has 2 rings (SSSR count). The van der Waals surface area contributed by atoms with Crippen LogP contribution in [-0.4, -0.2) is 0 Å². The summed E-state index contributed by atoms with van der Waals surface area (Å²) in [5.41, 5.74) is 16.1. The predicted octanol–water partition coefficient (Wildman–Crippen LogP) is 2.76. The van der Waals surface area contributed by atoms with E-state index in [0.717, 1.165) is 37.1 Å². The quantitative estimate of drug-likeness (QED) is 0.744. The summed E-state index contributed by atoms with van der Waals surface area (Å²) in [4.78, 5) is 0. The molecule has 0 spiro atoms. The Balaban J connectivity index is 2.07. The van der Waals surface area contributed by atoms with E-state index in [4.69, 9.17) is 11.5 Å². The van der Waals surface area contributed by atoms with Gasteiger partial charge in [-0.15, -0.1) is 0 Å². The fourth-order valence-corrected chi connectivity index (χ4v) is 1.96. The van der Waals surface area contributed by atoms with Crippen molar-refractivity contribution in [2.75, 3.05) is 5.73 Å². The van der Waals surface area contributed by atoms with Crippen LogP contribution in [0.3, 0.4) is 0 Å². The summed E-state index contributed by atoms with van der Waals surface area (Å²) in [6.45, 7) is 0. The smallest absolute Gasteiger partial charge is 0.0314 e. The second-order valence-corrected chi connectivity index (χ2v) is 4.34. The topological polar surface area (TPSA) is 52.0 Å². The fourth-order valence-electron chi connectivity index (χ4n) is 1.96. The van der Waals surface area contributed by atoms with Gasteiger partial charge in [-0.05, 0) is 49.5 Å². The monoisotopic (exact) mass is 214 g/mol. The van der Waals surface area contributed by atoms with Crippen molar-refractivity contribution < 1.29 is 0 Å². The molecule has 1 aromatic carbocycles. The molecule has 0 bridgehead atoms. The lowest BCUT2D eigenvalue weighted by molar-refractivity contribution is 0.792. The zero-order valence-corrected chi connectivity index (χ0v) is 9.45. The minimum absolute atomic E-state index is 0.822. The maximum absolute atomic E-state index is 5.81. The first-order valence-electron chi connectivity index (χ1n) is 5.72. The zero-order valence-electron chi connectivity index (χ0n) is 9.45. The van der Waals surface area contributed by atoms with Crippen molar-refractivity contribution in [3.05, 3.63) is 53.3 Å². The molecule has 1 aromatic rings. The first kappa shape index (κ1) is 10.8. The molecule has 0 amide bonds. The summed E-state index contributed by atoms with van der Waals surface area (Å²) in [6, 6.07) is 8.09. The van der Waals surface area contributed by atoms with E-state index in [1.165, 1.54) is 11.1 Å². The molecule has 0 unspecified atom stereocenters. The third kappa shape index (κ3) is 2.89. The standard InChI is InChI=1S/C14H18N2/c15-13-3-1-2-11(4-7-13)10-12-5-8-14(16)9-6-12/h4-9H,1-3,10,15-16H2. The van der Waals surface area contributed by atoms with Crippen molar-refractivity contribution in [3.63, 3.8) is 0 Å². The number of hydrogen-bond donors (Lipinski definition) is 2. The summed E-state index contributed by atoms with van der Waals surface area (Å²) in [7, 11) is 0. The van der Waals surface area contributed by atoms with Gasteiger partial charge < -0.3 is 11.5 Å². The molecule has 0 fully saturated rings. The second-order valence-electron chi connectivity index (χ2n) is 4.34. The molecule has 16 heavy (non-hydrogen) atoms. The van der Waals surface area contributed by atoms with Crippen LogP contribution >= 0.6 is 0 Å². The Morgan fingerprint density at radius 2 is 1.69 bits per heavy atom. The first-order valence-corrected chi connectivity index (χ1v) is 5.72. The molecular formula is C14H18N2. The maximum atomic E-state index is 5.81. The summed E-state index contributed by atoms with van der Waals surface area (Å²) >= 11 is 0. The van der Waals surface area contributed by atoms with E-state index in [1.54, 1.807) is 0 Å². The highest BCUT2D eigenvalue weighted by atomic mass is 14.6. The molecule has 0 saturated carbocycles. The minimum atomic E-state index is 0.822. The van der Waals surface area contributed by atoms with E-state index in [9.17, 15) is 0 Å². The molecular weight excluding hydrogens is 196 g/mol. The number of allylic oxidation sites excluding steroid dienone is 4. The summed E-state index contributed by atoms with van der Waals surface area (Å²) in [6.07, 6.45) is 8.52. The van der Waals surface area contributed by atoms with Gasteiger partial charge in [-0.1, -0.05) is 23.8 Å². The predicted molar refractivity (Wildman–Crippen MR) is 68.8 cm³/mol. The average molecular weight is 214 g/mol. The molecule has 0 aromatic heterocycles. The molecule has 0 radical (unpaired) electrons. The van der Waals surface area contributed by atoms with Gasteiger partial charge in [0.2, 0.25) is 0 Å². The van der Waals surface area contributed by atoms with Gasteiger partial charge in [0.1, 0.15) is 0 Å². The van der Waals surface area contributed by atoms with Crippen LogP contribution in [-0.2, 0) is 6.42 Å². The van der Waals surface area contributed by atoms with Gasteiger partial charge in [-0.25, -0.2) is 0 Å². The molecule has 0 aliphatic heterocycles. The minimum Gasteiger partial charge on any atom is -0.402 e. The van der Waals surface area contributed by atoms with E-state index in [1.807, 2.05) is 18.2 Å². The van der Waals surface area contributed by atoms with Crippen molar-refractivity contribution in [1.82, 2.24) is 0 Å². The second kappa shape index (κ2) is 4.88. The highest BCUT2D eigenvalue weighted by Gasteiger charge is 2.03. The summed E-state index contributed by atoms with van der Waals surface area (Å²) in [5, 5.41) is 0. The molecule has 0 saturated heterocycles. The number of nitrogens with two attached hydrogens (primary N) is 2. The molecule has 2 nitrogen and oxygen atoms in total. The van der Waals surface area contributed by atoms with Gasteiger partial charge in [0.25, 0.3) is 0 Å². The normalized spacial score (nSPS) is 16.2. The van der Waals surface area contributed by atoms with Crippen LogP contribution in [0.5, 0.6) is 0 Å². The van der Waals surface area contributed by atoms with Crippen LogP contribution in [0.4, 0.5) is 5.69 Å². The Kier molecular flexibility index (Phi) is 3.30. The maximum Gasteiger partial charge on any atom is 0.0314 e. The van der Waals surface area contributed by atoms with Gasteiger partial charge >= 0.3 is 0 Å². The van der Waals surface area contributed by atoms with E-state index >= 15 is 0 Å². The summed E-state index contributed by atoms with van der Waals surface area (Å²) in [5.74, 6) is 0. The summed E-state index contributed by atoms with van der Waals surface area (Å²) < 4.78 is 0. The van der Waals surface area contributed by atoms with Gasteiger partial charge in [0.15, 0.2) is 0 Å². The lowest BCUT2D eigenvalue weighted by Crippen LogP contribution is -1.94. The first-order chi connectivity index (χ1) is 7.74. The Labute approximate surface area is 96.6 Å². The highest BCUT2D eigenvalue weighted by Crippen LogP contribution is 2.19. The largest absolute Gasteiger partial charge is 0.402 e. The van der Waals surface area contributed by atoms with Crippen LogP contribution in [0.1, 0.15) is 24.8 Å². The van der Waals surface area contributed by atoms with Gasteiger partial charge in [0, 0.05) is 11.4 Å². The van der Waals surface area contributed by atoms with Crippen molar-refractivity contribution in [3.8, 4) is 0 Å². The van der Waals surface area contributed by atoms with E-state index < -0.39 is 0 Å². The number of anilines is 1.